The SMILES string of the molecule is C=CCC(C(=O)NS(=O)(=O)C=Cc1ccccc1)C(=O)N(CC)c1cccc(C)c1C. The van der Waals surface area contributed by atoms with Crippen molar-refractivity contribution >= 4 is 33.6 Å². The molecule has 0 fully saturated rings. The number of anilines is 1. The van der Waals surface area contributed by atoms with Crippen LogP contribution in [0.15, 0.2) is 66.6 Å². The third-order valence-corrected chi connectivity index (χ3v) is 5.93. The minimum atomic E-state index is -4.07. The van der Waals surface area contributed by atoms with Crippen LogP contribution in [0.2, 0.25) is 0 Å². The molecule has 0 aromatic heterocycles. The van der Waals surface area contributed by atoms with Crippen LogP contribution in [0.1, 0.15) is 30.0 Å². The highest BCUT2D eigenvalue weighted by molar-refractivity contribution is 7.93. The maximum Gasteiger partial charge on any atom is 0.257 e. The molecule has 6 nitrogen and oxygen atoms in total. The van der Waals surface area contributed by atoms with Crippen LogP contribution in [-0.4, -0.2) is 26.8 Å². The number of nitrogens with zero attached hydrogens (tertiary/aromatic N) is 1. The predicted molar refractivity (Wildman–Crippen MR) is 125 cm³/mol. The van der Waals surface area contributed by atoms with Gasteiger partial charge in [0.2, 0.25) is 11.8 Å². The number of rotatable bonds is 9. The number of nitrogens with one attached hydrogen (secondary N) is 1. The zero-order chi connectivity index (χ0) is 23.0. The van der Waals surface area contributed by atoms with Crippen molar-refractivity contribution in [3.63, 3.8) is 0 Å². The van der Waals surface area contributed by atoms with Crippen molar-refractivity contribution in [2.45, 2.75) is 27.2 Å². The van der Waals surface area contributed by atoms with Gasteiger partial charge in [-0.2, -0.15) is 0 Å². The third kappa shape index (κ3) is 6.39. The van der Waals surface area contributed by atoms with Gasteiger partial charge in [0.15, 0.2) is 0 Å². The molecule has 7 heteroatoms. The average Bonchev–Trinajstić information content (AvgIpc) is 2.74. The lowest BCUT2D eigenvalue weighted by atomic mass is 10.0. The van der Waals surface area contributed by atoms with Crippen LogP contribution in [0.3, 0.4) is 0 Å². The lowest BCUT2D eigenvalue weighted by Gasteiger charge is -2.27. The molecule has 0 bridgehead atoms. The molecule has 0 radical (unpaired) electrons. The zero-order valence-corrected chi connectivity index (χ0v) is 18.9. The molecule has 2 amide bonds. The maximum absolute atomic E-state index is 13.2. The first-order valence-corrected chi connectivity index (χ1v) is 11.5. The summed E-state index contributed by atoms with van der Waals surface area (Å²) in [6.07, 6.45) is 2.84. The third-order valence-electron chi connectivity index (χ3n) is 4.95. The number of allylic oxidation sites excluding steroid dienone is 1. The smallest absolute Gasteiger partial charge is 0.257 e. The standard InChI is InChI=1S/C24H28N2O4S/c1-5-11-21(24(28)26(6-2)22-15-10-12-18(3)19(22)4)23(27)25-31(29,30)17-16-20-13-8-7-9-14-20/h5,7-10,12-17,21H,1,6,11H2,2-4H3,(H,25,27). The van der Waals surface area contributed by atoms with Crippen LogP contribution in [0.25, 0.3) is 6.08 Å². The van der Waals surface area contributed by atoms with E-state index in [0.717, 1.165) is 16.5 Å². The van der Waals surface area contributed by atoms with Gasteiger partial charge >= 0.3 is 0 Å². The largest absolute Gasteiger partial charge is 0.312 e. The number of carbonyl (C=O) groups is 2. The summed E-state index contributed by atoms with van der Waals surface area (Å²) < 4.78 is 26.8. The van der Waals surface area contributed by atoms with Gasteiger partial charge in [-0.3, -0.25) is 9.59 Å². The fraction of sp³-hybridized carbons (Fsp3) is 0.250. The van der Waals surface area contributed by atoms with Crippen LogP contribution in [0.4, 0.5) is 5.69 Å². The van der Waals surface area contributed by atoms with Crippen LogP contribution in [0.5, 0.6) is 0 Å². The molecule has 1 atom stereocenters. The van der Waals surface area contributed by atoms with E-state index in [1.165, 1.54) is 17.1 Å². The Labute approximate surface area is 184 Å². The van der Waals surface area contributed by atoms with Gasteiger partial charge in [-0.1, -0.05) is 48.5 Å². The fourth-order valence-corrected chi connectivity index (χ4v) is 3.95. The Morgan fingerprint density at radius 3 is 2.39 bits per heavy atom. The molecule has 0 saturated heterocycles. The molecule has 0 aliphatic carbocycles. The first kappa shape index (κ1) is 24.1. The number of benzene rings is 2. The van der Waals surface area contributed by atoms with Crippen molar-refractivity contribution < 1.29 is 18.0 Å². The fourth-order valence-electron chi connectivity index (χ4n) is 3.13. The van der Waals surface area contributed by atoms with Crippen LogP contribution in [0, 0.1) is 19.8 Å². The Kier molecular flexibility index (Phi) is 8.33. The predicted octanol–water partition coefficient (Wildman–Crippen LogP) is 3.97. The van der Waals surface area contributed by atoms with Gasteiger partial charge in [0, 0.05) is 12.2 Å². The Morgan fingerprint density at radius 2 is 1.77 bits per heavy atom. The maximum atomic E-state index is 13.2. The Balaban J connectivity index is 2.25. The second-order valence-corrected chi connectivity index (χ2v) is 8.67. The average molecular weight is 441 g/mol. The van der Waals surface area contributed by atoms with Gasteiger partial charge in [0.1, 0.15) is 5.92 Å². The first-order valence-electron chi connectivity index (χ1n) is 9.98. The highest BCUT2D eigenvalue weighted by Crippen LogP contribution is 2.25. The molecule has 0 spiro atoms. The first-order chi connectivity index (χ1) is 14.7. The molecule has 2 aromatic carbocycles. The minimum Gasteiger partial charge on any atom is -0.312 e. The lowest BCUT2D eigenvalue weighted by Crippen LogP contribution is -2.45. The Hall–Kier alpha value is -3.19. The second kappa shape index (κ2) is 10.7. The monoisotopic (exact) mass is 440 g/mol. The zero-order valence-electron chi connectivity index (χ0n) is 18.0. The van der Waals surface area contributed by atoms with Crippen LogP contribution < -0.4 is 9.62 Å². The summed E-state index contributed by atoms with van der Waals surface area (Å²) in [5.74, 6) is -2.57. The molecule has 2 rings (SSSR count). The quantitative estimate of drug-likeness (QED) is 0.472. The lowest BCUT2D eigenvalue weighted by molar-refractivity contribution is -0.132. The van der Waals surface area contributed by atoms with Crippen LogP contribution >= 0.6 is 0 Å². The number of hydrogen-bond donors (Lipinski definition) is 1. The summed E-state index contributed by atoms with van der Waals surface area (Å²) in [4.78, 5) is 27.5. The molecule has 0 aliphatic heterocycles. The second-order valence-electron chi connectivity index (χ2n) is 7.10. The summed E-state index contributed by atoms with van der Waals surface area (Å²) in [6.45, 7) is 9.60. The topological polar surface area (TPSA) is 83.5 Å². The molecule has 0 aliphatic rings. The van der Waals surface area contributed by atoms with Gasteiger partial charge in [0.05, 0.1) is 5.41 Å². The summed E-state index contributed by atoms with van der Waals surface area (Å²) in [5, 5.41) is 0.915. The van der Waals surface area contributed by atoms with Gasteiger partial charge < -0.3 is 4.90 Å². The molecular formula is C24H28N2O4S. The van der Waals surface area contributed by atoms with E-state index in [4.69, 9.17) is 0 Å². The highest BCUT2D eigenvalue weighted by atomic mass is 32.2. The van der Waals surface area contributed by atoms with Crippen molar-refractivity contribution in [1.29, 1.82) is 0 Å². The normalized spacial score (nSPS) is 12.4. The summed E-state index contributed by atoms with van der Waals surface area (Å²) in [6, 6.07) is 14.4. The Bertz CT molecular complexity index is 1080. The molecular weight excluding hydrogens is 412 g/mol. The van der Waals surface area contributed by atoms with E-state index in [1.807, 2.05) is 49.8 Å². The van der Waals surface area contributed by atoms with Gasteiger partial charge in [-0.05, 0) is 56.0 Å². The van der Waals surface area contributed by atoms with E-state index < -0.39 is 27.8 Å². The van der Waals surface area contributed by atoms with Crippen molar-refractivity contribution in [3.8, 4) is 0 Å². The molecule has 1 N–H and O–H groups in total. The highest BCUT2D eigenvalue weighted by Gasteiger charge is 2.32. The summed E-state index contributed by atoms with van der Waals surface area (Å²) in [5.41, 5.74) is 3.31. The van der Waals surface area contributed by atoms with Gasteiger partial charge in [-0.25, -0.2) is 13.1 Å². The molecule has 0 heterocycles. The summed E-state index contributed by atoms with van der Waals surface area (Å²) >= 11 is 0. The summed E-state index contributed by atoms with van der Waals surface area (Å²) in [7, 11) is -4.07. The molecule has 0 saturated carbocycles. The van der Waals surface area contributed by atoms with Crippen molar-refractivity contribution in [2.24, 2.45) is 5.92 Å². The number of amides is 2. The van der Waals surface area contributed by atoms with E-state index >= 15 is 0 Å². The van der Waals surface area contributed by atoms with Crippen molar-refractivity contribution in [3.05, 3.63) is 83.3 Å². The minimum absolute atomic E-state index is 0.0178. The van der Waals surface area contributed by atoms with E-state index in [2.05, 4.69) is 6.58 Å². The number of sulfonamides is 1. The molecule has 2 aromatic rings. The van der Waals surface area contributed by atoms with Gasteiger partial charge in [-0.15, -0.1) is 6.58 Å². The molecule has 1 unspecified atom stereocenters. The molecule has 164 valence electrons. The van der Waals surface area contributed by atoms with E-state index in [1.54, 1.807) is 24.3 Å². The van der Waals surface area contributed by atoms with Crippen molar-refractivity contribution in [2.75, 3.05) is 11.4 Å². The number of hydrogen-bond acceptors (Lipinski definition) is 4. The van der Waals surface area contributed by atoms with Crippen LogP contribution in [-0.2, 0) is 19.6 Å². The number of carbonyl (C=O) groups excluding carboxylic acids is 2. The van der Waals surface area contributed by atoms with E-state index in [-0.39, 0.29) is 6.42 Å². The van der Waals surface area contributed by atoms with Crippen molar-refractivity contribution in [1.82, 2.24) is 4.72 Å². The Morgan fingerprint density at radius 1 is 1.10 bits per heavy atom. The van der Waals surface area contributed by atoms with Gasteiger partial charge in [0.25, 0.3) is 10.0 Å². The van der Waals surface area contributed by atoms with E-state index in [0.29, 0.717) is 17.8 Å². The number of aryl methyl sites for hydroxylation is 1. The molecule has 31 heavy (non-hydrogen) atoms. The van der Waals surface area contributed by atoms with E-state index in [9.17, 15) is 18.0 Å².